The Hall–Kier alpha value is -2.28. The molecule has 26 heavy (non-hydrogen) atoms. The first-order chi connectivity index (χ1) is 12.5. The summed E-state index contributed by atoms with van der Waals surface area (Å²) in [6, 6.07) is 10.1. The van der Waals surface area contributed by atoms with Gasteiger partial charge in [0.1, 0.15) is 11.5 Å². The van der Waals surface area contributed by atoms with Crippen LogP contribution in [0.25, 0.3) is 11.3 Å². The van der Waals surface area contributed by atoms with Crippen molar-refractivity contribution in [3.05, 3.63) is 57.4 Å². The summed E-state index contributed by atoms with van der Waals surface area (Å²) in [4.78, 5) is 16.8. The molecule has 3 rings (SSSR count). The van der Waals surface area contributed by atoms with Crippen molar-refractivity contribution in [1.82, 2.24) is 4.98 Å². The van der Waals surface area contributed by atoms with E-state index in [0.717, 1.165) is 5.56 Å². The predicted molar refractivity (Wildman–Crippen MR) is 105 cm³/mol. The summed E-state index contributed by atoms with van der Waals surface area (Å²) in [6.07, 6.45) is 0. The van der Waals surface area contributed by atoms with Crippen molar-refractivity contribution in [2.45, 2.75) is 0 Å². The normalized spacial score (nSPS) is 10.5. The highest BCUT2D eigenvalue weighted by molar-refractivity contribution is 7.14. The molecule has 5 nitrogen and oxygen atoms in total. The molecule has 1 N–H and O–H groups in total. The molecule has 8 heteroatoms. The number of nitrogens with one attached hydrogen (secondary N) is 1. The maximum atomic E-state index is 12.4. The number of hydrogen-bond acceptors (Lipinski definition) is 5. The van der Waals surface area contributed by atoms with Crippen molar-refractivity contribution in [3.8, 4) is 22.8 Å². The number of methoxy groups -OCH3 is 2. The Bertz CT molecular complexity index is 939. The van der Waals surface area contributed by atoms with Gasteiger partial charge in [0.15, 0.2) is 5.13 Å². The van der Waals surface area contributed by atoms with Crippen LogP contribution in [0.3, 0.4) is 0 Å². The lowest BCUT2D eigenvalue weighted by molar-refractivity contribution is 0.102. The Labute approximate surface area is 164 Å². The molecule has 0 unspecified atom stereocenters. The summed E-state index contributed by atoms with van der Waals surface area (Å²) in [6.45, 7) is 0. The SMILES string of the molecule is COc1ccc(-c2csc(NC(=O)c3cc(Cl)cc(Cl)c3)n2)c(OC)c1. The summed E-state index contributed by atoms with van der Waals surface area (Å²) in [5.41, 5.74) is 1.85. The molecular weight excluding hydrogens is 395 g/mol. The van der Waals surface area contributed by atoms with Gasteiger partial charge < -0.3 is 9.47 Å². The van der Waals surface area contributed by atoms with Crippen LogP contribution in [-0.2, 0) is 0 Å². The zero-order chi connectivity index (χ0) is 18.7. The van der Waals surface area contributed by atoms with Gasteiger partial charge in [-0.15, -0.1) is 11.3 Å². The molecule has 2 aromatic carbocycles. The third-order valence-corrected chi connectivity index (χ3v) is 4.73. The lowest BCUT2D eigenvalue weighted by Crippen LogP contribution is -2.11. The van der Waals surface area contributed by atoms with Gasteiger partial charge in [0.2, 0.25) is 0 Å². The van der Waals surface area contributed by atoms with Crippen molar-refractivity contribution < 1.29 is 14.3 Å². The Morgan fingerprint density at radius 2 is 1.81 bits per heavy atom. The number of benzene rings is 2. The van der Waals surface area contributed by atoms with Gasteiger partial charge in [-0.25, -0.2) is 4.98 Å². The molecule has 0 spiro atoms. The second kappa shape index (κ2) is 7.95. The quantitative estimate of drug-likeness (QED) is 0.614. The standard InChI is InChI=1S/C18H14Cl2N2O3S/c1-24-13-3-4-14(16(8-13)25-2)15-9-26-18(21-15)22-17(23)10-5-11(19)7-12(20)6-10/h3-9H,1-2H3,(H,21,22,23). The molecule has 1 heterocycles. The van der Waals surface area contributed by atoms with E-state index in [-0.39, 0.29) is 5.91 Å². The fourth-order valence-corrected chi connectivity index (χ4v) is 3.55. The van der Waals surface area contributed by atoms with Crippen molar-refractivity contribution in [2.75, 3.05) is 19.5 Å². The minimum absolute atomic E-state index is 0.336. The van der Waals surface area contributed by atoms with Gasteiger partial charge in [-0.05, 0) is 30.3 Å². The van der Waals surface area contributed by atoms with E-state index < -0.39 is 0 Å². The minimum atomic E-state index is -0.336. The van der Waals surface area contributed by atoms with Crippen molar-refractivity contribution >= 4 is 45.6 Å². The monoisotopic (exact) mass is 408 g/mol. The second-order valence-electron chi connectivity index (χ2n) is 5.22. The number of nitrogens with zero attached hydrogens (tertiary/aromatic N) is 1. The lowest BCUT2D eigenvalue weighted by Gasteiger charge is -2.08. The highest BCUT2D eigenvalue weighted by Gasteiger charge is 2.14. The Morgan fingerprint density at radius 1 is 1.08 bits per heavy atom. The maximum Gasteiger partial charge on any atom is 0.257 e. The molecule has 0 aliphatic heterocycles. The van der Waals surface area contributed by atoms with E-state index in [0.29, 0.717) is 37.9 Å². The zero-order valence-electron chi connectivity index (χ0n) is 13.9. The molecule has 0 fully saturated rings. The number of anilines is 1. The highest BCUT2D eigenvalue weighted by Crippen LogP contribution is 2.35. The molecule has 0 atom stereocenters. The number of thiazole rings is 1. The second-order valence-corrected chi connectivity index (χ2v) is 6.95. The fraction of sp³-hybridized carbons (Fsp3) is 0.111. The summed E-state index contributed by atoms with van der Waals surface area (Å²) >= 11 is 13.2. The Morgan fingerprint density at radius 3 is 2.46 bits per heavy atom. The van der Waals surface area contributed by atoms with Gasteiger partial charge in [-0.2, -0.15) is 0 Å². The third-order valence-electron chi connectivity index (χ3n) is 3.53. The van der Waals surface area contributed by atoms with Crippen LogP contribution in [0.1, 0.15) is 10.4 Å². The summed E-state index contributed by atoms with van der Waals surface area (Å²) in [5.74, 6) is 0.985. The number of hydrogen-bond donors (Lipinski definition) is 1. The number of halogens is 2. The average molecular weight is 409 g/mol. The smallest absolute Gasteiger partial charge is 0.257 e. The number of carbonyl (C=O) groups excluding carboxylic acids is 1. The molecule has 0 saturated carbocycles. The topological polar surface area (TPSA) is 60.5 Å². The zero-order valence-corrected chi connectivity index (χ0v) is 16.2. The lowest BCUT2D eigenvalue weighted by atomic mass is 10.1. The fourth-order valence-electron chi connectivity index (χ4n) is 2.32. The van der Waals surface area contributed by atoms with Gasteiger partial charge in [-0.3, -0.25) is 10.1 Å². The van der Waals surface area contributed by atoms with Crippen LogP contribution in [0.2, 0.25) is 10.0 Å². The molecule has 0 radical (unpaired) electrons. The first-order valence-corrected chi connectivity index (χ1v) is 9.09. The first kappa shape index (κ1) is 18.5. The number of aromatic nitrogens is 1. The number of rotatable bonds is 5. The van der Waals surface area contributed by atoms with Crippen molar-refractivity contribution in [2.24, 2.45) is 0 Å². The number of carbonyl (C=O) groups is 1. The Kier molecular flexibility index (Phi) is 5.66. The van der Waals surface area contributed by atoms with E-state index >= 15 is 0 Å². The van der Waals surface area contributed by atoms with Gasteiger partial charge >= 0.3 is 0 Å². The molecule has 134 valence electrons. The van der Waals surface area contributed by atoms with Crippen LogP contribution in [-0.4, -0.2) is 25.1 Å². The average Bonchev–Trinajstić information content (AvgIpc) is 3.08. The van der Waals surface area contributed by atoms with Gasteiger partial charge in [0.25, 0.3) is 5.91 Å². The van der Waals surface area contributed by atoms with E-state index in [1.54, 1.807) is 38.5 Å². The molecule has 1 aromatic heterocycles. The maximum absolute atomic E-state index is 12.4. The van der Waals surface area contributed by atoms with Gasteiger partial charge in [0, 0.05) is 32.6 Å². The van der Waals surface area contributed by atoms with Crippen LogP contribution < -0.4 is 14.8 Å². The third kappa shape index (κ3) is 4.09. The van der Waals surface area contributed by atoms with E-state index in [2.05, 4.69) is 10.3 Å². The van der Waals surface area contributed by atoms with Crippen molar-refractivity contribution in [1.29, 1.82) is 0 Å². The number of amides is 1. The van der Waals surface area contributed by atoms with Crippen LogP contribution in [0.15, 0.2) is 41.8 Å². The molecule has 0 bridgehead atoms. The summed E-state index contributed by atoms with van der Waals surface area (Å²) in [7, 11) is 3.17. The molecule has 1 amide bonds. The van der Waals surface area contributed by atoms with Gasteiger partial charge in [0.05, 0.1) is 19.9 Å². The molecule has 3 aromatic rings. The van der Waals surface area contributed by atoms with E-state index in [9.17, 15) is 4.79 Å². The van der Waals surface area contributed by atoms with E-state index in [1.165, 1.54) is 11.3 Å². The van der Waals surface area contributed by atoms with Crippen LogP contribution in [0.4, 0.5) is 5.13 Å². The largest absolute Gasteiger partial charge is 0.497 e. The van der Waals surface area contributed by atoms with Crippen LogP contribution in [0.5, 0.6) is 11.5 Å². The van der Waals surface area contributed by atoms with Crippen LogP contribution >= 0.6 is 34.5 Å². The number of ether oxygens (including phenoxy) is 2. The van der Waals surface area contributed by atoms with Gasteiger partial charge in [-0.1, -0.05) is 23.2 Å². The van der Waals surface area contributed by atoms with Crippen molar-refractivity contribution in [3.63, 3.8) is 0 Å². The molecule has 0 aliphatic carbocycles. The van der Waals surface area contributed by atoms with Crippen LogP contribution in [0, 0.1) is 0 Å². The Balaban J connectivity index is 1.83. The summed E-state index contributed by atoms with van der Waals surface area (Å²) in [5, 5.41) is 5.83. The minimum Gasteiger partial charge on any atom is -0.497 e. The molecule has 0 saturated heterocycles. The van der Waals surface area contributed by atoms with E-state index in [4.69, 9.17) is 32.7 Å². The predicted octanol–water partition coefficient (Wildman–Crippen LogP) is 5.39. The van der Waals surface area contributed by atoms with E-state index in [1.807, 2.05) is 17.5 Å². The molecule has 0 aliphatic rings. The first-order valence-electron chi connectivity index (χ1n) is 7.45. The highest BCUT2D eigenvalue weighted by atomic mass is 35.5. The molecular formula is C18H14Cl2N2O3S. The summed E-state index contributed by atoms with van der Waals surface area (Å²) < 4.78 is 10.6.